The van der Waals surface area contributed by atoms with Crippen LogP contribution in [0.2, 0.25) is 0 Å². The van der Waals surface area contributed by atoms with Gasteiger partial charge in [-0.2, -0.15) is 13.2 Å². The minimum Gasteiger partial charge on any atom is -0.335 e. The van der Waals surface area contributed by atoms with E-state index in [1.807, 2.05) is 18.7 Å². The van der Waals surface area contributed by atoms with Crippen LogP contribution < -0.4 is 10.6 Å². The first-order valence-electron chi connectivity index (χ1n) is 9.38. The molecule has 0 bridgehead atoms. The predicted molar refractivity (Wildman–Crippen MR) is 99.6 cm³/mol. The number of benzene rings is 1. The lowest BCUT2D eigenvalue weighted by Gasteiger charge is -2.34. The first-order valence-corrected chi connectivity index (χ1v) is 9.38. The maximum absolute atomic E-state index is 12.8. The monoisotopic (exact) mass is 400 g/mol. The quantitative estimate of drug-likeness (QED) is 0.770. The van der Waals surface area contributed by atoms with E-state index in [2.05, 4.69) is 15.5 Å². The van der Waals surface area contributed by atoms with E-state index in [-0.39, 0.29) is 18.5 Å². The summed E-state index contributed by atoms with van der Waals surface area (Å²) in [5.74, 6) is -0.368. The molecule has 0 saturated carbocycles. The van der Waals surface area contributed by atoms with Gasteiger partial charge in [-0.05, 0) is 25.0 Å². The van der Waals surface area contributed by atoms with E-state index in [1.54, 1.807) is 6.07 Å². The van der Waals surface area contributed by atoms with E-state index in [0.29, 0.717) is 38.3 Å². The highest BCUT2D eigenvalue weighted by Gasteiger charge is 2.30. The Kier molecular flexibility index (Phi) is 7.82. The highest BCUT2D eigenvalue weighted by molar-refractivity contribution is 5.95. The number of hydrogen-bond donors (Lipinski definition) is 2. The van der Waals surface area contributed by atoms with E-state index in [1.165, 1.54) is 12.1 Å². The molecule has 2 N–H and O–H groups in total. The maximum Gasteiger partial charge on any atom is 0.416 e. The third kappa shape index (κ3) is 7.12. The van der Waals surface area contributed by atoms with Crippen LogP contribution in [-0.2, 0) is 17.5 Å². The van der Waals surface area contributed by atoms with Crippen molar-refractivity contribution in [3.8, 4) is 0 Å². The number of halogens is 3. The predicted octanol–water partition coefficient (Wildman–Crippen LogP) is 2.45. The number of carbonyl (C=O) groups is 2. The summed E-state index contributed by atoms with van der Waals surface area (Å²) in [4.78, 5) is 27.6. The van der Waals surface area contributed by atoms with Crippen molar-refractivity contribution in [2.45, 2.75) is 39.0 Å². The molecule has 1 saturated heterocycles. The third-order valence-electron chi connectivity index (χ3n) is 4.74. The summed E-state index contributed by atoms with van der Waals surface area (Å²) >= 11 is 0. The first-order chi connectivity index (χ1) is 13.2. The van der Waals surface area contributed by atoms with Gasteiger partial charge < -0.3 is 5.32 Å². The van der Waals surface area contributed by atoms with Gasteiger partial charge in [0.05, 0.1) is 12.1 Å². The van der Waals surface area contributed by atoms with Gasteiger partial charge in [0.1, 0.15) is 0 Å². The Morgan fingerprint density at radius 2 is 1.79 bits per heavy atom. The Morgan fingerprint density at radius 1 is 1.14 bits per heavy atom. The van der Waals surface area contributed by atoms with Crippen LogP contribution in [0.4, 0.5) is 18.0 Å². The fraction of sp³-hybridized carbons (Fsp3) is 0.579. The molecular formula is C19H27F3N4O2. The standard InChI is InChI=1S/C19H27F3N4O2/c1-3-14(2)23-18(28)24-17(27)13-26-9-7-25(8-10-26)12-15-5-4-6-16(11-15)19(20,21)22/h4-6,11,14H,3,7-10,12-13H2,1-2H3,(H2,23,24,27,28)/t14-/m0/s1. The summed E-state index contributed by atoms with van der Waals surface area (Å²) in [7, 11) is 0. The van der Waals surface area contributed by atoms with Crippen LogP contribution in [0.5, 0.6) is 0 Å². The average Bonchev–Trinajstić information content (AvgIpc) is 2.62. The van der Waals surface area contributed by atoms with Gasteiger partial charge >= 0.3 is 12.2 Å². The summed E-state index contributed by atoms with van der Waals surface area (Å²) in [5.41, 5.74) is -0.0290. The van der Waals surface area contributed by atoms with Crippen LogP contribution in [0.1, 0.15) is 31.4 Å². The van der Waals surface area contributed by atoms with Crippen molar-refractivity contribution < 1.29 is 22.8 Å². The molecule has 0 aliphatic carbocycles. The van der Waals surface area contributed by atoms with Crippen molar-refractivity contribution in [3.05, 3.63) is 35.4 Å². The molecule has 0 aromatic heterocycles. The van der Waals surface area contributed by atoms with Gasteiger partial charge in [0.15, 0.2) is 0 Å². The van der Waals surface area contributed by atoms with E-state index in [4.69, 9.17) is 0 Å². The SMILES string of the molecule is CC[C@H](C)NC(=O)NC(=O)CN1CCN(Cc2cccc(C(F)(F)F)c2)CC1. The largest absolute Gasteiger partial charge is 0.416 e. The molecule has 2 rings (SSSR count). The number of imide groups is 1. The van der Waals surface area contributed by atoms with Crippen molar-refractivity contribution in [1.29, 1.82) is 0 Å². The molecule has 1 aliphatic heterocycles. The van der Waals surface area contributed by atoms with Crippen molar-refractivity contribution in [3.63, 3.8) is 0 Å². The van der Waals surface area contributed by atoms with Crippen LogP contribution in [0.25, 0.3) is 0 Å². The van der Waals surface area contributed by atoms with Crippen LogP contribution in [0, 0.1) is 0 Å². The summed E-state index contributed by atoms with van der Waals surface area (Å²) < 4.78 is 38.4. The number of urea groups is 1. The summed E-state index contributed by atoms with van der Waals surface area (Å²) in [5, 5.41) is 4.98. The lowest BCUT2D eigenvalue weighted by Crippen LogP contribution is -2.51. The van der Waals surface area contributed by atoms with Gasteiger partial charge in [0.2, 0.25) is 5.91 Å². The zero-order valence-electron chi connectivity index (χ0n) is 16.2. The Bertz CT molecular complexity index is 673. The summed E-state index contributed by atoms with van der Waals surface area (Å²) in [6, 6.07) is 4.84. The number of amides is 3. The number of piperazine rings is 1. The molecule has 1 aromatic carbocycles. The smallest absolute Gasteiger partial charge is 0.335 e. The zero-order valence-corrected chi connectivity index (χ0v) is 16.2. The Morgan fingerprint density at radius 3 is 2.39 bits per heavy atom. The number of carbonyl (C=O) groups excluding carboxylic acids is 2. The molecule has 1 aliphatic rings. The summed E-state index contributed by atoms with van der Waals surface area (Å²) in [6.07, 6.45) is -3.57. The molecule has 9 heteroatoms. The molecule has 0 spiro atoms. The van der Waals surface area contributed by atoms with E-state index >= 15 is 0 Å². The minimum atomic E-state index is -4.34. The van der Waals surface area contributed by atoms with Gasteiger partial charge in [-0.25, -0.2) is 4.79 Å². The molecule has 6 nitrogen and oxygen atoms in total. The average molecular weight is 400 g/mol. The number of alkyl halides is 3. The Balaban J connectivity index is 1.75. The lowest BCUT2D eigenvalue weighted by molar-refractivity contribution is -0.137. The second-order valence-corrected chi connectivity index (χ2v) is 7.08. The molecule has 1 heterocycles. The summed E-state index contributed by atoms with van der Waals surface area (Å²) in [6.45, 7) is 6.84. The fourth-order valence-electron chi connectivity index (χ4n) is 2.94. The van der Waals surface area contributed by atoms with Gasteiger partial charge in [-0.1, -0.05) is 25.1 Å². The van der Waals surface area contributed by atoms with Gasteiger partial charge in [-0.3, -0.25) is 19.9 Å². The second-order valence-electron chi connectivity index (χ2n) is 7.08. The molecule has 156 valence electrons. The number of nitrogens with zero attached hydrogens (tertiary/aromatic N) is 2. The first kappa shape index (κ1) is 22.2. The van der Waals surface area contributed by atoms with E-state index < -0.39 is 17.8 Å². The topological polar surface area (TPSA) is 64.7 Å². The van der Waals surface area contributed by atoms with Crippen LogP contribution in [0.3, 0.4) is 0 Å². The normalized spacial score (nSPS) is 17.2. The van der Waals surface area contributed by atoms with Crippen LogP contribution >= 0.6 is 0 Å². The molecule has 1 aromatic rings. The molecule has 3 amide bonds. The zero-order chi connectivity index (χ0) is 20.7. The van der Waals surface area contributed by atoms with Gasteiger partial charge in [0.25, 0.3) is 0 Å². The Hall–Kier alpha value is -2.13. The molecule has 1 atom stereocenters. The van der Waals surface area contributed by atoms with Crippen LogP contribution in [-0.4, -0.2) is 60.5 Å². The van der Waals surface area contributed by atoms with Gasteiger partial charge in [-0.15, -0.1) is 0 Å². The lowest BCUT2D eigenvalue weighted by atomic mass is 10.1. The Labute approximate surface area is 163 Å². The van der Waals surface area contributed by atoms with Crippen molar-refractivity contribution in [2.75, 3.05) is 32.7 Å². The number of hydrogen-bond acceptors (Lipinski definition) is 4. The van der Waals surface area contributed by atoms with Crippen molar-refractivity contribution >= 4 is 11.9 Å². The third-order valence-corrected chi connectivity index (χ3v) is 4.74. The number of nitrogens with one attached hydrogen (secondary N) is 2. The molecule has 28 heavy (non-hydrogen) atoms. The maximum atomic E-state index is 12.8. The molecule has 0 radical (unpaired) electrons. The van der Waals surface area contributed by atoms with Crippen LogP contribution in [0.15, 0.2) is 24.3 Å². The molecular weight excluding hydrogens is 373 g/mol. The highest BCUT2D eigenvalue weighted by Crippen LogP contribution is 2.29. The van der Waals surface area contributed by atoms with Crippen molar-refractivity contribution in [2.24, 2.45) is 0 Å². The minimum absolute atomic E-state index is 0.00723. The molecule has 1 fully saturated rings. The number of rotatable bonds is 6. The van der Waals surface area contributed by atoms with E-state index in [0.717, 1.165) is 12.5 Å². The molecule has 0 unspecified atom stereocenters. The van der Waals surface area contributed by atoms with Gasteiger partial charge in [0, 0.05) is 38.8 Å². The van der Waals surface area contributed by atoms with Crippen molar-refractivity contribution in [1.82, 2.24) is 20.4 Å². The highest BCUT2D eigenvalue weighted by atomic mass is 19.4. The fourth-order valence-corrected chi connectivity index (χ4v) is 2.94. The second kappa shape index (κ2) is 9.88. The van der Waals surface area contributed by atoms with E-state index in [9.17, 15) is 22.8 Å².